The van der Waals surface area contributed by atoms with Gasteiger partial charge in [-0.25, -0.2) is 8.42 Å². The third-order valence-electron chi connectivity index (χ3n) is 3.80. The van der Waals surface area contributed by atoms with Gasteiger partial charge >= 0.3 is 0 Å². The lowest BCUT2D eigenvalue weighted by Gasteiger charge is -2.28. The Balaban J connectivity index is 2.12. The number of anilines is 1. The van der Waals surface area contributed by atoms with E-state index in [1.165, 1.54) is 25.1 Å². The van der Waals surface area contributed by atoms with Gasteiger partial charge in [0.05, 0.1) is 22.0 Å². The number of halogens is 2. The standard InChI is InChI=1S/C18H20Cl2N2O3S/c1-13(18(23)21-11-10-14-6-4-3-5-7-14)22(26(2,24)25)15-8-9-16(19)17(20)12-15/h3-9,12-13H,10-11H2,1-2H3,(H,21,23). The summed E-state index contributed by atoms with van der Waals surface area (Å²) in [5.41, 5.74) is 1.37. The molecule has 2 aromatic carbocycles. The molecule has 140 valence electrons. The maximum absolute atomic E-state index is 12.5. The van der Waals surface area contributed by atoms with E-state index in [0.29, 0.717) is 18.0 Å². The van der Waals surface area contributed by atoms with E-state index in [4.69, 9.17) is 23.2 Å². The molecule has 0 aliphatic heterocycles. The Labute approximate surface area is 164 Å². The van der Waals surface area contributed by atoms with Crippen molar-refractivity contribution in [1.29, 1.82) is 0 Å². The van der Waals surface area contributed by atoms with Gasteiger partial charge in [0.15, 0.2) is 0 Å². The van der Waals surface area contributed by atoms with Crippen LogP contribution in [0.5, 0.6) is 0 Å². The van der Waals surface area contributed by atoms with E-state index in [1.807, 2.05) is 30.3 Å². The van der Waals surface area contributed by atoms with Crippen molar-refractivity contribution in [1.82, 2.24) is 5.32 Å². The molecule has 1 amide bonds. The van der Waals surface area contributed by atoms with E-state index in [2.05, 4.69) is 5.32 Å². The van der Waals surface area contributed by atoms with Crippen LogP contribution in [0.15, 0.2) is 48.5 Å². The van der Waals surface area contributed by atoms with Gasteiger partial charge in [-0.2, -0.15) is 0 Å². The molecule has 0 saturated carbocycles. The SMILES string of the molecule is CC(C(=O)NCCc1ccccc1)N(c1ccc(Cl)c(Cl)c1)S(C)(=O)=O. The topological polar surface area (TPSA) is 66.5 Å². The summed E-state index contributed by atoms with van der Waals surface area (Å²) >= 11 is 11.9. The number of nitrogens with one attached hydrogen (secondary N) is 1. The molecule has 26 heavy (non-hydrogen) atoms. The number of carbonyl (C=O) groups excluding carboxylic acids is 1. The highest BCUT2D eigenvalue weighted by Crippen LogP contribution is 2.29. The maximum atomic E-state index is 12.5. The molecule has 1 atom stereocenters. The predicted octanol–water partition coefficient (Wildman–Crippen LogP) is 3.51. The lowest BCUT2D eigenvalue weighted by molar-refractivity contribution is -0.121. The highest BCUT2D eigenvalue weighted by molar-refractivity contribution is 7.92. The first-order valence-electron chi connectivity index (χ1n) is 7.96. The molecule has 0 aromatic heterocycles. The van der Waals surface area contributed by atoms with Crippen molar-refractivity contribution >= 4 is 44.8 Å². The molecule has 8 heteroatoms. The quantitative estimate of drug-likeness (QED) is 0.753. The summed E-state index contributed by atoms with van der Waals surface area (Å²) in [5.74, 6) is -0.391. The fraction of sp³-hybridized carbons (Fsp3) is 0.278. The minimum atomic E-state index is -3.70. The van der Waals surface area contributed by atoms with E-state index in [9.17, 15) is 13.2 Å². The first kappa shape index (κ1) is 20.6. The summed E-state index contributed by atoms with van der Waals surface area (Å²) < 4.78 is 25.5. The third kappa shape index (κ3) is 5.37. The smallest absolute Gasteiger partial charge is 0.243 e. The highest BCUT2D eigenvalue weighted by Gasteiger charge is 2.29. The number of amides is 1. The van der Waals surface area contributed by atoms with E-state index < -0.39 is 22.0 Å². The van der Waals surface area contributed by atoms with E-state index in [0.717, 1.165) is 16.1 Å². The van der Waals surface area contributed by atoms with Crippen LogP contribution in [0.2, 0.25) is 10.0 Å². The molecular formula is C18H20Cl2N2O3S. The van der Waals surface area contributed by atoms with Gasteiger partial charge in [0.1, 0.15) is 6.04 Å². The van der Waals surface area contributed by atoms with Gasteiger partial charge in [-0.05, 0) is 37.1 Å². The molecule has 2 aromatic rings. The first-order chi connectivity index (χ1) is 12.2. The van der Waals surface area contributed by atoms with Crippen LogP contribution >= 0.6 is 23.2 Å². The zero-order valence-electron chi connectivity index (χ0n) is 14.4. The number of rotatable bonds is 7. The fourth-order valence-corrected chi connectivity index (χ4v) is 4.01. The van der Waals surface area contributed by atoms with E-state index in [-0.39, 0.29) is 10.7 Å². The second kappa shape index (κ2) is 8.75. The molecule has 0 spiro atoms. The number of carbonyl (C=O) groups is 1. The normalized spacial score (nSPS) is 12.5. The molecule has 2 rings (SSSR count). The molecule has 0 saturated heterocycles. The number of hydrogen-bond acceptors (Lipinski definition) is 3. The summed E-state index contributed by atoms with van der Waals surface area (Å²) in [6.45, 7) is 1.94. The molecular weight excluding hydrogens is 395 g/mol. The third-order valence-corrected chi connectivity index (χ3v) is 5.78. The van der Waals surface area contributed by atoms with Crippen molar-refractivity contribution in [2.75, 3.05) is 17.1 Å². The van der Waals surface area contributed by atoms with Crippen molar-refractivity contribution < 1.29 is 13.2 Å². The van der Waals surface area contributed by atoms with Crippen molar-refractivity contribution in [3.05, 3.63) is 64.1 Å². The zero-order valence-corrected chi connectivity index (χ0v) is 16.8. The number of benzene rings is 2. The average Bonchev–Trinajstić information content (AvgIpc) is 2.58. The van der Waals surface area contributed by atoms with Gasteiger partial charge < -0.3 is 5.32 Å². The molecule has 0 heterocycles. The second-order valence-electron chi connectivity index (χ2n) is 5.86. The Bertz CT molecular complexity index is 873. The van der Waals surface area contributed by atoms with Gasteiger partial charge in [-0.1, -0.05) is 53.5 Å². The molecule has 0 radical (unpaired) electrons. The van der Waals surface area contributed by atoms with Crippen LogP contribution in [-0.2, 0) is 21.2 Å². The average molecular weight is 415 g/mol. The Kier molecular flexibility index (Phi) is 6.92. The lowest BCUT2D eigenvalue weighted by atomic mass is 10.1. The summed E-state index contributed by atoms with van der Waals surface area (Å²) in [4.78, 5) is 12.5. The second-order valence-corrected chi connectivity index (χ2v) is 8.53. The Morgan fingerprint density at radius 1 is 1.12 bits per heavy atom. The van der Waals surface area contributed by atoms with Crippen LogP contribution in [0.3, 0.4) is 0 Å². The van der Waals surface area contributed by atoms with E-state index in [1.54, 1.807) is 0 Å². The van der Waals surface area contributed by atoms with Gasteiger partial charge in [0, 0.05) is 6.54 Å². The molecule has 5 nitrogen and oxygen atoms in total. The fourth-order valence-electron chi connectivity index (χ4n) is 2.55. The molecule has 1 N–H and O–H groups in total. The van der Waals surface area contributed by atoms with Crippen LogP contribution in [0.1, 0.15) is 12.5 Å². The summed E-state index contributed by atoms with van der Waals surface area (Å²) in [5, 5.41) is 3.30. The molecule has 0 aliphatic rings. The van der Waals surface area contributed by atoms with Crippen molar-refractivity contribution in [3.63, 3.8) is 0 Å². The van der Waals surface area contributed by atoms with Crippen molar-refractivity contribution in [2.24, 2.45) is 0 Å². The van der Waals surface area contributed by atoms with Crippen LogP contribution in [0.4, 0.5) is 5.69 Å². The monoisotopic (exact) mass is 414 g/mol. The summed E-state index contributed by atoms with van der Waals surface area (Å²) in [6, 6.07) is 13.2. The Morgan fingerprint density at radius 3 is 2.35 bits per heavy atom. The number of sulfonamides is 1. The van der Waals surface area contributed by atoms with Crippen LogP contribution in [0.25, 0.3) is 0 Å². The molecule has 0 fully saturated rings. The first-order valence-corrected chi connectivity index (χ1v) is 10.6. The minimum absolute atomic E-state index is 0.217. The van der Waals surface area contributed by atoms with Crippen LogP contribution in [-0.4, -0.2) is 33.2 Å². The largest absolute Gasteiger partial charge is 0.354 e. The molecule has 0 bridgehead atoms. The lowest BCUT2D eigenvalue weighted by Crippen LogP contribution is -2.48. The Hall–Kier alpha value is -1.76. The van der Waals surface area contributed by atoms with Gasteiger partial charge in [0.2, 0.25) is 15.9 Å². The summed E-state index contributed by atoms with van der Waals surface area (Å²) in [6.07, 6.45) is 1.70. The van der Waals surface area contributed by atoms with Gasteiger partial charge in [0.25, 0.3) is 0 Å². The molecule has 1 unspecified atom stereocenters. The van der Waals surface area contributed by atoms with Gasteiger partial charge in [-0.3, -0.25) is 9.10 Å². The number of nitrogens with zero attached hydrogens (tertiary/aromatic N) is 1. The van der Waals surface area contributed by atoms with E-state index >= 15 is 0 Å². The van der Waals surface area contributed by atoms with Crippen LogP contribution < -0.4 is 9.62 Å². The number of hydrogen-bond donors (Lipinski definition) is 1. The van der Waals surface area contributed by atoms with Crippen LogP contribution in [0, 0.1) is 0 Å². The van der Waals surface area contributed by atoms with Gasteiger partial charge in [-0.15, -0.1) is 0 Å². The summed E-state index contributed by atoms with van der Waals surface area (Å²) in [7, 11) is -3.70. The van der Waals surface area contributed by atoms with Crippen molar-refractivity contribution in [3.8, 4) is 0 Å². The predicted molar refractivity (Wildman–Crippen MR) is 106 cm³/mol. The highest BCUT2D eigenvalue weighted by atomic mass is 35.5. The van der Waals surface area contributed by atoms with Crippen molar-refractivity contribution in [2.45, 2.75) is 19.4 Å². The zero-order chi connectivity index (χ0) is 19.3. The maximum Gasteiger partial charge on any atom is 0.243 e. The molecule has 0 aliphatic carbocycles. The minimum Gasteiger partial charge on any atom is -0.354 e. The Morgan fingerprint density at radius 2 is 1.77 bits per heavy atom.